The zero-order valence-electron chi connectivity index (χ0n) is 11.7. The third-order valence-electron chi connectivity index (χ3n) is 2.36. The summed E-state index contributed by atoms with van der Waals surface area (Å²) in [6, 6.07) is 9.60. The SMILES string of the molecule is CCOC(=O)/C(=C/O)N=C(Cc1ccccc1)OCC. The molecule has 0 aliphatic carbocycles. The second-order valence-electron chi connectivity index (χ2n) is 3.84. The van der Waals surface area contributed by atoms with E-state index in [0.29, 0.717) is 25.2 Å². The van der Waals surface area contributed by atoms with Crippen LogP contribution in [0, 0.1) is 0 Å². The average molecular weight is 277 g/mol. The van der Waals surface area contributed by atoms with E-state index in [1.54, 1.807) is 6.92 Å². The van der Waals surface area contributed by atoms with Crippen molar-refractivity contribution in [3.05, 3.63) is 47.9 Å². The normalized spacial score (nSPS) is 12.1. The number of ether oxygens (including phenoxy) is 2. The number of aliphatic hydroxyl groups excluding tert-OH is 1. The minimum atomic E-state index is -0.680. The van der Waals surface area contributed by atoms with Crippen LogP contribution in [0.15, 0.2) is 47.3 Å². The number of aliphatic imine (C=N–C) groups is 1. The van der Waals surface area contributed by atoms with Gasteiger partial charge in [0.1, 0.15) is 6.26 Å². The van der Waals surface area contributed by atoms with Gasteiger partial charge in [-0.25, -0.2) is 9.79 Å². The van der Waals surface area contributed by atoms with Crippen molar-refractivity contribution in [2.24, 2.45) is 4.99 Å². The van der Waals surface area contributed by atoms with Crippen LogP contribution < -0.4 is 0 Å². The van der Waals surface area contributed by atoms with E-state index in [1.807, 2.05) is 37.3 Å². The van der Waals surface area contributed by atoms with Crippen molar-refractivity contribution in [3.63, 3.8) is 0 Å². The molecule has 0 atom stereocenters. The standard InChI is InChI=1S/C15H19NO4/c1-3-19-14(10-12-8-6-5-7-9-12)16-13(11-17)15(18)20-4-2/h5-9,11,17H,3-4,10H2,1-2H3/b13-11-,16-14?. The Bertz CT molecular complexity index is 480. The summed E-state index contributed by atoms with van der Waals surface area (Å²) in [5.41, 5.74) is 0.826. The third kappa shape index (κ3) is 5.14. The Hall–Kier alpha value is -2.30. The molecule has 5 nitrogen and oxygen atoms in total. The summed E-state index contributed by atoms with van der Waals surface area (Å²) in [7, 11) is 0. The van der Waals surface area contributed by atoms with E-state index in [4.69, 9.17) is 14.6 Å². The van der Waals surface area contributed by atoms with Gasteiger partial charge in [0, 0.05) is 6.42 Å². The summed E-state index contributed by atoms with van der Waals surface area (Å²) < 4.78 is 10.2. The van der Waals surface area contributed by atoms with Gasteiger partial charge in [0.2, 0.25) is 0 Å². The first-order valence-corrected chi connectivity index (χ1v) is 6.47. The molecule has 5 heteroatoms. The second kappa shape index (κ2) is 8.74. The van der Waals surface area contributed by atoms with E-state index in [-0.39, 0.29) is 12.3 Å². The van der Waals surface area contributed by atoms with Crippen LogP contribution in [0.2, 0.25) is 0 Å². The number of carbonyl (C=O) groups is 1. The molecule has 0 saturated heterocycles. The molecule has 0 radical (unpaired) electrons. The van der Waals surface area contributed by atoms with Crippen molar-refractivity contribution >= 4 is 11.9 Å². The summed E-state index contributed by atoms with van der Waals surface area (Å²) in [5.74, 6) is -0.327. The molecule has 0 heterocycles. The Morgan fingerprint density at radius 2 is 1.85 bits per heavy atom. The third-order valence-corrected chi connectivity index (χ3v) is 2.36. The molecule has 1 aromatic rings. The van der Waals surface area contributed by atoms with Gasteiger partial charge >= 0.3 is 5.97 Å². The Kier molecular flexibility index (Phi) is 6.89. The maximum Gasteiger partial charge on any atom is 0.360 e. The molecular formula is C15H19NO4. The molecule has 0 aliphatic heterocycles. The summed E-state index contributed by atoms with van der Waals surface area (Å²) in [5, 5.41) is 9.08. The van der Waals surface area contributed by atoms with Gasteiger partial charge < -0.3 is 14.6 Å². The Morgan fingerprint density at radius 3 is 2.40 bits per heavy atom. The first-order chi connectivity index (χ1) is 9.71. The highest BCUT2D eigenvalue weighted by Crippen LogP contribution is 2.06. The van der Waals surface area contributed by atoms with Gasteiger partial charge in [0.05, 0.1) is 13.2 Å². The second-order valence-corrected chi connectivity index (χ2v) is 3.84. The number of benzene rings is 1. The lowest BCUT2D eigenvalue weighted by atomic mass is 10.1. The van der Waals surface area contributed by atoms with Crippen LogP contribution in [0.3, 0.4) is 0 Å². The molecule has 0 fully saturated rings. The van der Waals surface area contributed by atoms with E-state index in [0.717, 1.165) is 5.56 Å². The minimum Gasteiger partial charge on any atom is -0.513 e. The summed E-state index contributed by atoms with van der Waals surface area (Å²) >= 11 is 0. The van der Waals surface area contributed by atoms with Gasteiger partial charge in [0.25, 0.3) is 0 Å². The molecule has 1 aromatic carbocycles. The van der Waals surface area contributed by atoms with E-state index in [2.05, 4.69) is 4.99 Å². The number of rotatable bonds is 6. The highest BCUT2D eigenvalue weighted by molar-refractivity contribution is 5.92. The fraction of sp³-hybridized carbons (Fsp3) is 0.333. The molecular weight excluding hydrogens is 258 g/mol. The van der Waals surface area contributed by atoms with Gasteiger partial charge in [-0.2, -0.15) is 0 Å². The predicted molar refractivity (Wildman–Crippen MR) is 76.6 cm³/mol. The zero-order chi connectivity index (χ0) is 14.8. The van der Waals surface area contributed by atoms with Gasteiger partial charge in [-0.15, -0.1) is 0 Å². The summed E-state index contributed by atoms with van der Waals surface area (Å²) in [4.78, 5) is 15.6. The van der Waals surface area contributed by atoms with Crippen molar-refractivity contribution in [3.8, 4) is 0 Å². The smallest absolute Gasteiger partial charge is 0.360 e. The van der Waals surface area contributed by atoms with Crippen LogP contribution in [0.5, 0.6) is 0 Å². The molecule has 0 amide bonds. The Balaban J connectivity index is 2.88. The van der Waals surface area contributed by atoms with Crippen LogP contribution in [0.25, 0.3) is 0 Å². The van der Waals surface area contributed by atoms with Gasteiger partial charge in [-0.1, -0.05) is 30.3 Å². The number of nitrogens with zero attached hydrogens (tertiary/aromatic N) is 1. The molecule has 1 rings (SSSR count). The molecule has 20 heavy (non-hydrogen) atoms. The quantitative estimate of drug-likeness (QED) is 0.285. The van der Waals surface area contributed by atoms with Crippen LogP contribution >= 0.6 is 0 Å². The minimum absolute atomic E-state index is 0.175. The van der Waals surface area contributed by atoms with E-state index < -0.39 is 5.97 Å². The molecule has 1 N–H and O–H groups in total. The van der Waals surface area contributed by atoms with Crippen molar-refractivity contribution in [2.75, 3.05) is 13.2 Å². The van der Waals surface area contributed by atoms with Crippen LogP contribution in [0.4, 0.5) is 0 Å². The fourth-order valence-corrected chi connectivity index (χ4v) is 1.53. The van der Waals surface area contributed by atoms with E-state index in [9.17, 15) is 4.79 Å². The number of hydrogen-bond donors (Lipinski definition) is 1. The maximum atomic E-state index is 11.6. The van der Waals surface area contributed by atoms with Crippen LogP contribution in [-0.2, 0) is 20.7 Å². The van der Waals surface area contributed by atoms with Crippen LogP contribution in [0.1, 0.15) is 19.4 Å². The number of esters is 1. The molecule has 0 unspecified atom stereocenters. The number of aliphatic hydroxyl groups is 1. The van der Waals surface area contributed by atoms with E-state index >= 15 is 0 Å². The monoisotopic (exact) mass is 277 g/mol. The summed E-state index contributed by atoms with van der Waals surface area (Å²) in [6.45, 7) is 4.15. The lowest BCUT2D eigenvalue weighted by Crippen LogP contribution is -2.13. The predicted octanol–water partition coefficient (Wildman–Crippen LogP) is 2.63. The first-order valence-electron chi connectivity index (χ1n) is 6.47. The largest absolute Gasteiger partial charge is 0.513 e. The van der Waals surface area contributed by atoms with Crippen molar-refractivity contribution in [1.82, 2.24) is 0 Å². The van der Waals surface area contributed by atoms with Gasteiger partial charge in [-0.3, -0.25) is 0 Å². The Morgan fingerprint density at radius 1 is 1.20 bits per heavy atom. The fourth-order valence-electron chi connectivity index (χ4n) is 1.53. The van der Waals surface area contributed by atoms with Gasteiger partial charge in [0.15, 0.2) is 11.6 Å². The molecule has 0 aliphatic rings. The lowest BCUT2D eigenvalue weighted by molar-refractivity contribution is -0.138. The maximum absolute atomic E-state index is 11.6. The van der Waals surface area contributed by atoms with Gasteiger partial charge in [-0.05, 0) is 19.4 Å². The number of carbonyl (C=O) groups excluding carboxylic acids is 1. The molecule has 0 saturated carbocycles. The number of hydrogen-bond acceptors (Lipinski definition) is 5. The van der Waals surface area contributed by atoms with E-state index in [1.165, 1.54) is 0 Å². The summed E-state index contributed by atoms with van der Waals surface area (Å²) in [6.07, 6.45) is 1.06. The molecule has 0 aromatic heterocycles. The van der Waals surface area contributed by atoms with Crippen molar-refractivity contribution < 1.29 is 19.4 Å². The van der Waals surface area contributed by atoms with Crippen molar-refractivity contribution in [2.45, 2.75) is 20.3 Å². The molecule has 0 spiro atoms. The highest BCUT2D eigenvalue weighted by Gasteiger charge is 2.12. The molecule has 108 valence electrons. The molecule has 0 bridgehead atoms. The highest BCUT2D eigenvalue weighted by atomic mass is 16.5. The average Bonchev–Trinajstić information content (AvgIpc) is 2.46. The zero-order valence-corrected chi connectivity index (χ0v) is 11.7. The Labute approximate surface area is 118 Å². The topological polar surface area (TPSA) is 68.1 Å². The lowest BCUT2D eigenvalue weighted by Gasteiger charge is -2.08. The van der Waals surface area contributed by atoms with Crippen molar-refractivity contribution in [1.29, 1.82) is 0 Å². The first kappa shape index (κ1) is 15.8. The van der Waals surface area contributed by atoms with Crippen LogP contribution in [-0.4, -0.2) is 30.2 Å².